The number of carbonyl (C=O) groups excluding carboxylic acids is 1. The fourth-order valence-electron chi connectivity index (χ4n) is 2.48. The number of aliphatic hydroxyl groups is 1. The van der Waals surface area contributed by atoms with Crippen LogP contribution in [0.3, 0.4) is 0 Å². The zero-order valence-electron chi connectivity index (χ0n) is 11.2. The van der Waals surface area contributed by atoms with Gasteiger partial charge >= 0.3 is 0 Å². The second-order valence-corrected chi connectivity index (χ2v) is 6.30. The highest BCUT2D eigenvalue weighted by molar-refractivity contribution is 7.09. The summed E-state index contributed by atoms with van der Waals surface area (Å²) in [6.45, 7) is 2.50. The van der Waals surface area contributed by atoms with Crippen LogP contribution < -0.4 is 11.1 Å². The van der Waals surface area contributed by atoms with Crippen molar-refractivity contribution in [3.8, 4) is 0 Å². The zero-order valence-corrected chi connectivity index (χ0v) is 12.0. The van der Waals surface area contributed by atoms with Crippen LogP contribution in [0.5, 0.6) is 0 Å². The van der Waals surface area contributed by atoms with Crippen LogP contribution in [0.1, 0.15) is 54.1 Å². The van der Waals surface area contributed by atoms with E-state index in [0.29, 0.717) is 12.2 Å². The van der Waals surface area contributed by atoms with E-state index >= 15 is 0 Å². The molecule has 6 heteroatoms. The molecule has 0 aliphatic heterocycles. The Morgan fingerprint density at radius 3 is 2.84 bits per heavy atom. The molecule has 1 amide bonds. The van der Waals surface area contributed by atoms with Gasteiger partial charge in [-0.05, 0) is 19.8 Å². The van der Waals surface area contributed by atoms with E-state index in [0.717, 1.165) is 30.7 Å². The Bertz CT molecular complexity index is 439. The second kappa shape index (κ2) is 5.98. The average molecular weight is 283 g/mol. The molecule has 2 rings (SSSR count). The summed E-state index contributed by atoms with van der Waals surface area (Å²) in [6, 6.07) is -0.148. The van der Waals surface area contributed by atoms with Crippen LogP contribution in [0.4, 0.5) is 0 Å². The van der Waals surface area contributed by atoms with Gasteiger partial charge in [-0.15, -0.1) is 11.3 Å². The van der Waals surface area contributed by atoms with Gasteiger partial charge in [-0.1, -0.05) is 12.8 Å². The first-order valence-corrected chi connectivity index (χ1v) is 7.54. The molecule has 1 atom stereocenters. The molecule has 1 saturated carbocycles. The summed E-state index contributed by atoms with van der Waals surface area (Å²) in [5, 5.41) is 14.9. The van der Waals surface area contributed by atoms with E-state index in [4.69, 9.17) is 5.73 Å². The molecule has 19 heavy (non-hydrogen) atoms. The second-order valence-electron chi connectivity index (χ2n) is 5.41. The Morgan fingerprint density at radius 2 is 2.32 bits per heavy atom. The van der Waals surface area contributed by atoms with E-state index < -0.39 is 0 Å². The maximum Gasteiger partial charge on any atom is 0.270 e. The van der Waals surface area contributed by atoms with Gasteiger partial charge < -0.3 is 16.2 Å². The van der Waals surface area contributed by atoms with Gasteiger partial charge in [-0.3, -0.25) is 4.79 Å². The molecule has 106 valence electrons. The SMILES string of the molecule is CC(N)c1nc(C(=O)NCC2(CO)CCCC2)cs1. The predicted octanol–water partition coefficient (Wildman–Crippen LogP) is 1.45. The van der Waals surface area contributed by atoms with Gasteiger partial charge in [-0.2, -0.15) is 0 Å². The van der Waals surface area contributed by atoms with Crippen molar-refractivity contribution >= 4 is 17.2 Å². The minimum absolute atomic E-state index is 0.129. The van der Waals surface area contributed by atoms with E-state index in [1.165, 1.54) is 11.3 Å². The van der Waals surface area contributed by atoms with Gasteiger partial charge in [0.1, 0.15) is 10.7 Å². The minimum Gasteiger partial charge on any atom is -0.396 e. The number of hydrogen-bond donors (Lipinski definition) is 3. The molecule has 1 heterocycles. The molecular weight excluding hydrogens is 262 g/mol. The van der Waals surface area contributed by atoms with E-state index in [-0.39, 0.29) is 24.0 Å². The maximum absolute atomic E-state index is 12.0. The number of nitrogens with zero attached hydrogens (tertiary/aromatic N) is 1. The molecule has 1 aromatic heterocycles. The maximum atomic E-state index is 12.0. The van der Waals surface area contributed by atoms with E-state index in [1.54, 1.807) is 5.38 Å². The van der Waals surface area contributed by atoms with Crippen LogP contribution in [-0.2, 0) is 0 Å². The number of hydrogen-bond acceptors (Lipinski definition) is 5. The number of thiazole rings is 1. The smallest absolute Gasteiger partial charge is 0.270 e. The first-order valence-electron chi connectivity index (χ1n) is 6.66. The lowest BCUT2D eigenvalue weighted by atomic mass is 9.87. The number of nitrogens with two attached hydrogens (primary N) is 1. The number of nitrogens with one attached hydrogen (secondary N) is 1. The molecule has 0 spiro atoms. The molecular formula is C13H21N3O2S. The molecule has 0 radical (unpaired) electrons. The van der Waals surface area contributed by atoms with Gasteiger partial charge in [0.15, 0.2) is 0 Å². The van der Waals surface area contributed by atoms with Crippen LogP contribution in [0.15, 0.2) is 5.38 Å². The number of aliphatic hydroxyl groups excluding tert-OH is 1. The Hall–Kier alpha value is -0.980. The Labute approximate surface area is 117 Å². The summed E-state index contributed by atoms with van der Waals surface area (Å²) in [4.78, 5) is 16.2. The fourth-order valence-corrected chi connectivity index (χ4v) is 3.23. The van der Waals surface area contributed by atoms with Gasteiger partial charge in [-0.25, -0.2) is 4.98 Å². The Kier molecular flexibility index (Phi) is 4.54. The molecule has 5 nitrogen and oxygen atoms in total. The lowest BCUT2D eigenvalue weighted by Gasteiger charge is -2.26. The summed E-state index contributed by atoms with van der Waals surface area (Å²) >= 11 is 1.40. The number of aromatic nitrogens is 1. The lowest BCUT2D eigenvalue weighted by molar-refractivity contribution is 0.0876. The third-order valence-corrected chi connectivity index (χ3v) is 4.81. The van der Waals surface area contributed by atoms with Crippen molar-refractivity contribution < 1.29 is 9.90 Å². The predicted molar refractivity (Wildman–Crippen MR) is 75.0 cm³/mol. The lowest BCUT2D eigenvalue weighted by Crippen LogP contribution is -2.38. The zero-order chi connectivity index (χ0) is 13.9. The van der Waals surface area contributed by atoms with Crippen molar-refractivity contribution in [3.05, 3.63) is 16.1 Å². The monoisotopic (exact) mass is 283 g/mol. The number of carbonyl (C=O) groups is 1. The topological polar surface area (TPSA) is 88.2 Å². The first kappa shape index (κ1) is 14.4. The van der Waals surface area contributed by atoms with Crippen LogP contribution in [0, 0.1) is 5.41 Å². The highest BCUT2D eigenvalue weighted by Crippen LogP contribution is 2.36. The van der Waals surface area contributed by atoms with Gasteiger partial charge in [0.05, 0.1) is 12.6 Å². The molecule has 0 bridgehead atoms. The summed E-state index contributed by atoms with van der Waals surface area (Å²) in [7, 11) is 0. The molecule has 1 aliphatic carbocycles. The molecule has 1 fully saturated rings. The Balaban J connectivity index is 1.93. The van der Waals surface area contributed by atoms with E-state index in [2.05, 4.69) is 10.3 Å². The van der Waals surface area contributed by atoms with Crippen molar-refractivity contribution in [2.45, 2.75) is 38.6 Å². The molecule has 0 aromatic carbocycles. The van der Waals surface area contributed by atoms with Crippen molar-refractivity contribution in [2.75, 3.05) is 13.2 Å². The van der Waals surface area contributed by atoms with Crippen LogP contribution >= 0.6 is 11.3 Å². The first-order chi connectivity index (χ1) is 9.06. The highest BCUT2D eigenvalue weighted by atomic mass is 32.1. The normalized spacial score (nSPS) is 19.3. The minimum atomic E-state index is -0.178. The van der Waals surface area contributed by atoms with Crippen molar-refractivity contribution in [1.82, 2.24) is 10.3 Å². The van der Waals surface area contributed by atoms with Gasteiger partial charge in [0, 0.05) is 17.3 Å². The van der Waals surface area contributed by atoms with Crippen LogP contribution in [0.2, 0.25) is 0 Å². The third-order valence-electron chi connectivity index (χ3n) is 3.77. The van der Waals surface area contributed by atoms with E-state index in [1.807, 2.05) is 6.92 Å². The molecule has 1 unspecified atom stereocenters. The van der Waals surface area contributed by atoms with Gasteiger partial charge in [0.2, 0.25) is 0 Å². The van der Waals surface area contributed by atoms with Crippen LogP contribution in [-0.4, -0.2) is 29.1 Å². The molecule has 1 aliphatic rings. The summed E-state index contributed by atoms with van der Waals surface area (Å²) in [6.07, 6.45) is 4.21. The molecule has 1 aromatic rings. The quantitative estimate of drug-likeness (QED) is 0.763. The average Bonchev–Trinajstić information content (AvgIpc) is 3.06. The fraction of sp³-hybridized carbons (Fsp3) is 0.692. The standard InChI is InChI=1S/C13H21N3O2S/c1-9(14)12-16-10(6-19-12)11(18)15-7-13(8-17)4-2-3-5-13/h6,9,17H,2-5,7-8,14H2,1H3,(H,15,18). The Morgan fingerprint density at radius 1 is 1.63 bits per heavy atom. The molecule has 0 saturated heterocycles. The van der Waals surface area contributed by atoms with Gasteiger partial charge in [0.25, 0.3) is 5.91 Å². The number of amides is 1. The van der Waals surface area contributed by atoms with Crippen LogP contribution in [0.25, 0.3) is 0 Å². The molecule has 4 N–H and O–H groups in total. The van der Waals surface area contributed by atoms with Crippen molar-refractivity contribution in [1.29, 1.82) is 0 Å². The van der Waals surface area contributed by atoms with Crippen molar-refractivity contribution in [3.63, 3.8) is 0 Å². The summed E-state index contributed by atoms with van der Waals surface area (Å²) in [5.41, 5.74) is 6.02. The summed E-state index contributed by atoms with van der Waals surface area (Å²) in [5.74, 6) is -0.178. The number of rotatable bonds is 5. The largest absolute Gasteiger partial charge is 0.396 e. The van der Waals surface area contributed by atoms with E-state index in [9.17, 15) is 9.90 Å². The van der Waals surface area contributed by atoms with Crippen molar-refractivity contribution in [2.24, 2.45) is 11.1 Å². The summed E-state index contributed by atoms with van der Waals surface area (Å²) < 4.78 is 0. The third kappa shape index (κ3) is 3.32. The highest BCUT2D eigenvalue weighted by Gasteiger charge is 2.33.